The van der Waals surface area contributed by atoms with Crippen LogP contribution in [0.15, 0.2) is 23.3 Å². The third kappa shape index (κ3) is 5.50. The lowest BCUT2D eigenvalue weighted by atomic mass is 9.99. The molecule has 0 aromatic heterocycles. The van der Waals surface area contributed by atoms with Gasteiger partial charge in [-0.3, -0.25) is 4.79 Å². The van der Waals surface area contributed by atoms with Crippen LogP contribution in [-0.2, 0) is 19.1 Å². The zero-order valence-electron chi connectivity index (χ0n) is 13.7. The Morgan fingerprint density at radius 2 is 1.83 bits per heavy atom. The second kappa shape index (κ2) is 9.65. The first-order valence-corrected chi connectivity index (χ1v) is 7.61. The third-order valence-electron chi connectivity index (χ3n) is 3.74. The summed E-state index contributed by atoms with van der Waals surface area (Å²) in [5.74, 6) is -0.753. The quantitative estimate of drug-likeness (QED) is 0.268. The normalized spacial score (nSPS) is 31.7. The van der Waals surface area contributed by atoms with Crippen LogP contribution in [0.2, 0.25) is 0 Å². The van der Waals surface area contributed by atoms with Crippen LogP contribution < -0.4 is 0 Å². The summed E-state index contributed by atoms with van der Waals surface area (Å²) in [7, 11) is 0. The molecule has 5 unspecified atom stereocenters. The number of carbonyl (C=O) groups is 2. The Hall–Kier alpha value is -1.58. The maximum atomic E-state index is 12.0. The lowest BCUT2D eigenvalue weighted by Crippen LogP contribution is -2.59. The van der Waals surface area contributed by atoms with Crippen molar-refractivity contribution >= 4 is 12.3 Å². The number of hydrogen-bond acceptors (Lipinski definition) is 8. The fraction of sp³-hybridized carbons (Fsp3) is 0.625. The SMILES string of the molecule is CC(=CC=O)CCC=C(C)C(=O)OC1OC(CO)C(O)C(O)C1O. The van der Waals surface area contributed by atoms with Crippen LogP contribution in [0.1, 0.15) is 26.7 Å². The monoisotopic (exact) mass is 344 g/mol. The van der Waals surface area contributed by atoms with Crippen molar-refractivity contribution in [3.8, 4) is 0 Å². The van der Waals surface area contributed by atoms with E-state index in [-0.39, 0.29) is 5.57 Å². The predicted molar refractivity (Wildman–Crippen MR) is 82.7 cm³/mol. The molecule has 0 radical (unpaired) electrons. The average Bonchev–Trinajstić information content (AvgIpc) is 2.55. The van der Waals surface area contributed by atoms with Gasteiger partial charge in [-0.15, -0.1) is 0 Å². The molecule has 5 atom stereocenters. The first-order valence-electron chi connectivity index (χ1n) is 7.61. The number of hydrogen-bond donors (Lipinski definition) is 4. The van der Waals surface area contributed by atoms with Crippen LogP contribution in [-0.4, -0.2) is 70.0 Å². The highest BCUT2D eigenvalue weighted by molar-refractivity contribution is 5.87. The number of aldehydes is 1. The molecule has 24 heavy (non-hydrogen) atoms. The van der Waals surface area contributed by atoms with Gasteiger partial charge in [0.05, 0.1) is 6.61 Å². The Bertz CT molecular complexity index is 496. The molecule has 0 amide bonds. The molecule has 1 heterocycles. The molecule has 1 aliphatic rings. The van der Waals surface area contributed by atoms with Gasteiger partial charge >= 0.3 is 5.97 Å². The Labute approximate surface area is 140 Å². The van der Waals surface area contributed by atoms with Crippen molar-refractivity contribution in [2.75, 3.05) is 6.61 Å². The van der Waals surface area contributed by atoms with Gasteiger partial charge in [0, 0.05) is 5.57 Å². The van der Waals surface area contributed by atoms with Crippen LogP contribution in [0.5, 0.6) is 0 Å². The van der Waals surface area contributed by atoms with Crippen LogP contribution in [0.25, 0.3) is 0 Å². The molecule has 8 nitrogen and oxygen atoms in total. The fourth-order valence-corrected chi connectivity index (χ4v) is 2.16. The van der Waals surface area contributed by atoms with Gasteiger partial charge in [-0.1, -0.05) is 11.6 Å². The van der Waals surface area contributed by atoms with Crippen LogP contribution in [0, 0.1) is 0 Å². The summed E-state index contributed by atoms with van der Waals surface area (Å²) < 4.78 is 10.1. The number of carbonyl (C=O) groups excluding carboxylic acids is 2. The summed E-state index contributed by atoms with van der Waals surface area (Å²) in [5.41, 5.74) is 1.14. The van der Waals surface area contributed by atoms with Crippen LogP contribution in [0.3, 0.4) is 0 Å². The first kappa shape index (κ1) is 20.5. The highest BCUT2D eigenvalue weighted by Gasteiger charge is 2.45. The predicted octanol–water partition coefficient (Wildman–Crippen LogP) is -0.799. The van der Waals surface area contributed by atoms with Crippen LogP contribution >= 0.6 is 0 Å². The summed E-state index contributed by atoms with van der Waals surface area (Å²) in [6.07, 6.45) is -2.50. The minimum absolute atomic E-state index is 0.269. The fourth-order valence-electron chi connectivity index (χ4n) is 2.16. The molecule has 8 heteroatoms. The second-order valence-corrected chi connectivity index (χ2v) is 5.68. The van der Waals surface area contributed by atoms with Crippen molar-refractivity contribution in [1.82, 2.24) is 0 Å². The second-order valence-electron chi connectivity index (χ2n) is 5.68. The van der Waals surface area contributed by atoms with Crippen molar-refractivity contribution < 1.29 is 39.5 Å². The third-order valence-corrected chi connectivity index (χ3v) is 3.74. The standard InChI is InChI=1S/C16H24O8/c1-9(6-7-17)4-3-5-10(2)15(22)24-16-14(21)13(20)12(19)11(8-18)23-16/h5-7,11-14,16,18-21H,3-4,8H2,1-2H3. The number of allylic oxidation sites excluding steroid dienone is 3. The van der Waals surface area contributed by atoms with Crippen molar-refractivity contribution in [2.45, 2.75) is 57.4 Å². The Balaban J connectivity index is 2.62. The zero-order chi connectivity index (χ0) is 18.3. The minimum atomic E-state index is -1.63. The number of aliphatic hydroxyl groups excluding tert-OH is 4. The maximum absolute atomic E-state index is 12.0. The summed E-state index contributed by atoms with van der Waals surface area (Å²) in [5, 5.41) is 38.2. The van der Waals surface area contributed by atoms with E-state index in [1.807, 2.05) is 0 Å². The van der Waals surface area contributed by atoms with E-state index in [2.05, 4.69) is 0 Å². The number of ether oxygens (including phenoxy) is 2. The van der Waals surface area contributed by atoms with E-state index in [1.165, 1.54) is 13.0 Å². The van der Waals surface area contributed by atoms with Crippen molar-refractivity contribution in [1.29, 1.82) is 0 Å². The minimum Gasteiger partial charge on any atom is -0.429 e. The molecule has 0 aliphatic carbocycles. The maximum Gasteiger partial charge on any atom is 0.335 e. The molecule has 136 valence electrons. The summed E-state index contributed by atoms with van der Waals surface area (Å²) in [4.78, 5) is 22.3. The molecule has 1 aliphatic heterocycles. The van der Waals surface area contributed by atoms with Gasteiger partial charge in [-0.05, 0) is 32.8 Å². The highest BCUT2D eigenvalue weighted by atomic mass is 16.7. The average molecular weight is 344 g/mol. The van der Waals surface area contributed by atoms with E-state index in [0.29, 0.717) is 19.1 Å². The Kier molecular flexibility index (Phi) is 8.23. The molecule has 0 aromatic rings. The van der Waals surface area contributed by atoms with E-state index in [9.17, 15) is 24.9 Å². The highest BCUT2D eigenvalue weighted by Crippen LogP contribution is 2.22. The summed E-state index contributed by atoms with van der Waals surface area (Å²) >= 11 is 0. The molecule has 1 saturated heterocycles. The Morgan fingerprint density at radius 3 is 2.42 bits per heavy atom. The van der Waals surface area contributed by atoms with E-state index in [4.69, 9.17) is 14.6 Å². The van der Waals surface area contributed by atoms with Crippen molar-refractivity contribution in [3.05, 3.63) is 23.3 Å². The molecule has 0 saturated carbocycles. The van der Waals surface area contributed by atoms with Gasteiger partial charge in [0.15, 0.2) is 0 Å². The molecular weight excluding hydrogens is 320 g/mol. The van der Waals surface area contributed by atoms with Gasteiger partial charge in [-0.2, -0.15) is 0 Å². The van der Waals surface area contributed by atoms with E-state index in [0.717, 1.165) is 5.57 Å². The van der Waals surface area contributed by atoms with Gasteiger partial charge in [0.1, 0.15) is 30.7 Å². The molecule has 0 bridgehead atoms. The molecule has 1 fully saturated rings. The smallest absolute Gasteiger partial charge is 0.335 e. The number of esters is 1. The van der Waals surface area contributed by atoms with E-state index < -0.39 is 43.3 Å². The van der Waals surface area contributed by atoms with Crippen molar-refractivity contribution in [2.24, 2.45) is 0 Å². The Morgan fingerprint density at radius 1 is 1.17 bits per heavy atom. The molecule has 0 spiro atoms. The number of aliphatic hydroxyl groups is 4. The zero-order valence-corrected chi connectivity index (χ0v) is 13.7. The van der Waals surface area contributed by atoms with E-state index >= 15 is 0 Å². The lowest BCUT2D eigenvalue weighted by molar-refractivity contribution is -0.291. The van der Waals surface area contributed by atoms with Crippen LogP contribution in [0.4, 0.5) is 0 Å². The van der Waals surface area contributed by atoms with Gasteiger partial charge in [-0.25, -0.2) is 4.79 Å². The lowest BCUT2D eigenvalue weighted by Gasteiger charge is -2.39. The topological polar surface area (TPSA) is 134 Å². The van der Waals surface area contributed by atoms with Gasteiger partial charge in [0.25, 0.3) is 0 Å². The summed E-state index contributed by atoms with van der Waals surface area (Å²) in [6.45, 7) is 2.71. The van der Waals surface area contributed by atoms with E-state index in [1.54, 1.807) is 13.0 Å². The van der Waals surface area contributed by atoms with Crippen molar-refractivity contribution in [3.63, 3.8) is 0 Å². The van der Waals surface area contributed by atoms with Gasteiger partial charge in [0.2, 0.25) is 6.29 Å². The van der Waals surface area contributed by atoms with Gasteiger partial charge < -0.3 is 29.9 Å². The number of rotatable bonds is 7. The molecule has 1 rings (SSSR count). The molecular formula is C16H24O8. The first-order chi connectivity index (χ1) is 11.3. The largest absolute Gasteiger partial charge is 0.429 e. The molecule has 0 aromatic carbocycles. The molecule has 4 N–H and O–H groups in total. The summed E-state index contributed by atoms with van der Waals surface area (Å²) in [6, 6.07) is 0.